The Morgan fingerprint density at radius 1 is 1.25 bits per heavy atom. The molecular formula is C20H22ClN3O4. The number of nitro groups is 1. The molecule has 1 saturated heterocycles. The smallest absolute Gasteiger partial charge is 0.289 e. The molecule has 0 aliphatic carbocycles. The van der Waals surface area contributed by atoms with Crippen LogP contribution >= 0.6 is 11.6 Å². The Morgan fingerprint density at radius 3 is 2.54 bits per heavy atom. The van der Waals surface area contributed by atoms with Crippen LogP contribution in [0.25, 0.3) is 0 Å². The third-order valence-corrected chi connectivity index (χ3v) is 5.37. The zero-order valence-corrected chi connectivity index (χ0v) is 16.0. The van der Waals surface area contributed by atoms with E-state index in [1.165, 1.54) is 12.1 Å². The summed E-state index contributed by atoms with van der Waals surface area (Å²) < 4.78 is 0. The summed E-state index contributed by atoms with van der Waals surface area (Å²) >= 11 is 5.85. The van der Waals surface area contributed by atoms with Crippen molar-refractivity contribution in [2.24, 2.45) is 5.92 Å². The second-order valence-corrected chi connectivity index (χ2v) is 7.29. The van der Waals surface area contributed by atoms with Crippen molar-refractivity contribution >= 4 is 28.9 Å². The van der Waals surface area contributed by atoms with Gasteiger partial charge in [-0.05, 0) is 49.5 Å². The minimum atomic E-state index is -0.577. The van der Waals surface area contributed by atoms with Crippen LogP contribution in [0.4, 0.5) is 11.4 Å². The van der Waals surface area contributed by atoms with Crippen molar-refractivity contribution in [2.45, 2.75) is 18.9 Å². The van der Waals surface area contributed by atoms with Crippen molar-refractivity contribution in [3.63, 3.8) is 0 Å². The van der Waals surface area contributed by atoms with Crippen molar-refractivity contribution in [3.05, 3.63) is 69.2 Å². The molecule has 2 N–H and O–H groups in total. The highest BCUT2D eigenvalue weighted by Crippen LogP contribution is 2.30. The SMILES string of the molecule is O=C(Nc1ccc(Cl)c([N+](=O)[O-])c1)C(c1ccccc1)N1CCC(CO)CC1. The molecule has 0 saturated carbocycles. The molecule has 1 aliphatic heterocycles. The van der Waals surface area contributed by atoms with Gasteiger partial charge < -0.3 is 10.4 Å². The number of amides is 1. The standard InChI is InChI=1S/C20H22ClN3O4/c21-17-7-6-16(12-18(17)24(27)28)22-20(26)19(15-4-2-1-3-5-15)23-10-8-14(13-25)9-11-23/h1-7,12,14,19,25H,8-11,13H2,(H,22,26). The first-order valence-corrected chi connectivity index (χ1v) is 9.52. The molecule has 0 radical (unpaired) electrons. The molecule has 0 bridgehead atoms. The second kappa shape index (κ2) is 9.14. The largest absolute Gasteiger partial charge is 0.396 e. The van der Waals surface area contributed by atoms with E-state index >= 15 is 0 Å². The van der Waals surface area contributed by atoms with E-state index in [0.717, 1.165) is 18.4 Å². The van der Waals surface area contributed by atoms with Gasteiger partial charge in [0.25, 0.3) is 5.69 Å². The van der Waals surface area contributed by atoms with Gasteiger partial charge in [0.1, 0.15) is 11.1 Å². The molecule has 28 heavy (non-hydrogen) atoms. The number of piperidine rings is 1. The van der Waals surface area contributed by atoms with Crippen LogP contribution in [0.1, 0.15) is 24.4 Å². The van der Waals surface area contributed by atoms with E-state index in [2.05, 4.69) is 10.2 Å². The van der Waals surface area contributed by atoms with Crippen LogP contribution in [0.2, 0.25) is 5.02 Å². The van der Waals surface area contributed by atoms with Crippen LogP contribution < -0.4 is 5.32 Å². The number of nitro benzene ring substituents is 1. The number of carbonyl (C=O) groups is 1. The molecular weight excluding hydrogens is 382 g/mol. The summed E-state index contributed by atoms with van der Waals surface area (Å²) in [6.07, 6.45) is 1.64. The summed E-state index contributed by atoms with van der Waals surface area (Å²) in [6, 6.07) is 13.1. The minimum Gasteiger partial charge on any atom is -0.396 e. The zero-order chi connectivity index (χ0) is 20.1. The Bertz CT molecular complexity index is 839. The first-order chi connectivity index (χ1) is 13.5. The highest BCUT2D eigenvalue weighted by atomic mass is 35.5. The van der Waals surface area contributed by atoms with Crippen LogP contribution in [0.5, 0.6) is 0 Å². The summed E-state index contributed by atoms with van der Waals surface area (Å²) in [5.41, 5.74) is 0.928. The third-order valence-electron chi connectivity index (χ3n) is 5.05. The minimum absolute atomic E-state index is 0.0219. The van der Waals surface area contributed by atoms with E-state index in [1.54, 1.807) is 6.07 Å². The lowest BCUT2D eigenvalue weighted by molar-refractivity contribution is -0.384. The number of nitrogens with one attached hydrogen (secondary N) is 1. The molecule has 1 aliphatic rings. The van der Waals surface area contributed by atoms with E-state index in [1.807, 2.05) is 30.3 Å². The fraction of sp³-hybridized carbons (Fsp3) is 0.350. The fourth-order valence-electron chi connectivity index (χ4n) is 3.50. The first kappa shape index (κ1) is 20.3. The molecule has 3 rings (SSSR count). The lowest BCUT2D eigenvalue weighted by Crippen LogP contribution is -2.42. The molecule has 2 aromatic carbocycles. The van der Waals surface area contributed by atoms with Crippen molar-refractivity contribution in [1.82, 2.24) is 4.90 Å². The monoisotopic (exact) mass is 403 g/mol. The molecule has 0 aromatic heterocycles. The maximum Gasteiger partial charge on any atom is 0.289 e. The predicted octanol–water partition coefficient (Wildman–Crippen LogP) is 3.63. The van der Waals surface area contributed by atoms with E-state index in [-0.39, 0.29) is 29.1 Å². The van der Waals surface area contributed by atoms with Gasteiger partial charge in [0.05, 0.1) is 4.92 Å². The number of halogens is 1. The number of hydrogen-bond donors (Lipinski definition) is 2. The summed E-state index contributed by atoms with van der Waals surface area (Å²) in [5.74, 6) is -0.0000757. The average molecular weight is 404 g/mol. The first-order valence-electron chi connectivity index (χ1n) is 9.14. The molecule has 1 amide bonds. The molecule has 0 spiro atoms. The number of anilines is 1. The van der Waals surface area contributed by atoms with Gasteiger partial charge in [-0.3, -0.25) is 19.8 Å². The second-order valence-electron chi connectivity index (χ2n) is 6.89. The Kier molecular flexibility index (Phi) is 6.61. The Labute approximate surface area is 168 Å². The summed E-state index contributed by atoms with van der Waals surface area (Å²) in [5, 5.41) is 23.3. The van der Waals surface area contributed by atoms with Crippen molar-refractivity contribution in [3.8, 4) is 0 Å². The van der Waals surface area contributed by atoms with Crippen molar-refractivity contribution in [1.29, 1.82) is 0 Å². The number of rotatable bonds is 6. The van der Waals surface area contributed by atoms with Crippen molar-refractivity contribution < 1.29 is 14.8 Å². The Balaban J connectivity index is 1.83. The number of carbonyl (C=O) groups excluding carboxylic acids is 1. The van der Waals surface area contributed by atoms with Gasteiger partial charge in [-0.1, -0.05) is 41.9 Å². The maximum absolute atomic E-state index is 13.1. The van der Waals surface area contributed by atoms with Crippen LogP contribution in [0.3, 0.4) is 0 Å². The molecule has 7 nitrogen and oxygen atoms in total. The number of benzene rings is 2. The van der Waals surface area contributed by atoms with Crippen LogP contribution in [0, 0.1) is 16.0 Å². The predicted molar refractivity (Wildman–Crippen MR) is 107 cm³/mol. The van der Waals surface area contributed by atoms with Crippen LogP contribution in [-0.2, 0) is 4.79 Å². The maximum atomic E-state index is 13.1. The van der Waals surface area contributed by atoms with E-state index in [0.29, 0.717) is 18.8 Å². The normalized spacial score (nSPS) is 16.5. The van der Waals surface area contributed by atoms with E-state index in [4.69, 9.17) is 11.6 Å². The summed E-state index contributed by atoms with van der Waals surface area (Å²) in [6.45, 7) is 1.54. The zero-order valence-electron chi connectivity index (χ0n) is 15.3. The van der Waals surface area contributed by atoms with Gasteiger partial charge in [-0.2, -0.15) is 0 Å². The summed E-state index contributed by atoms with van der Waals surface area (Å²) in [4.78, 5) is 25.7. The van der Waals surface area contributed by atoms with E-state index < -0.39 is 11.0 Å². The van der Waals surface area contributed by atoms with Gasteiger partial charge in [0.15, 0.2) is 0 Å². The van der Waals surface area contributed by atoms with Gasteiger partial charge >= 0.3 is 0 Å². The average Bonchev–Trinajstić information content (AvgIpc) is 2.71. The van der Waals surface area contributed by atoms with Gasteiger partial charge in [-0.25, -0.2) is 0 Å². The molecule has 1 atom stereocenters. The topological polar surface area (TPSA) is 95.7 Å². The van der Waals surface area contributed by atoms with Gasteiger partial charge in [0, 0.05) is 18.4 Å². The van der Waals surface area contributed by atoms with Crippen molar-refractivity contribution in [2.75, 3.05) is 25.0 Å². The lowest BCUT2D eigenvalue weighted by atomic mass is 9.94. The molecule has 148 valence electrons. The Hall–Kier alpha value is -2.48. The molecule has 2 aromatic rings. The summed E-state index contributed by atoms with van der Waals surface area (Å²) in [7, 11) is 0. The number of likely N-dealkylation sites (tertiary alicyclic amines) is 1. The van der Waals surface area contributed by atoms with E-state index in [9.17, 15) is 20.0 Å². The number of hydrogen-bond acceptors (Lipinski definition) is 5. The highest BCUT2D eigenvalue weighted by molar-refractivity contribution is 6.32. The number of aliphatic hydroxyl groups is 1. The molecule has 1 unspecified atom stereocenters. The third kappa shape index (κ3) is 4.67. The van der Waals surface area contributed by atoms with Crippen LogP contribution in [-0.4, -0.2) is 40.5 Å². The molecule has 8 heteroatoms. The number of nitrogens with zero attached hydrogens (tertiary/aromatic N) is 2. The highest BCUT2D eigenvalue weighted by Gasteiger charge is 2.31. The van der Waals surface area contributed by atoms with Gasteiger partial charge in [-0.15, -0.1) is 0 Å². The molecule has 1 heterocycles. The van der Waals surface area contributed by atoms with Gasteiger partial charge in [0.2, 0.25) is 5.91 Å². The lowest BCUT2D eigenvalue weighted by Gasteiger charge is -2.36. The number of aliphatic hydroxyl groups excluding tert-OH is 1. The Morgan fingerprint density at radius 2 is 1.93 bits per heavy atom. The molecule has 1 fully saturated rings. The quantitative estimate of drug-likeness (QED) is 0.567. The fourth-order valence-corrected chi connectivity index (χ4v) is 3.68. The van der Waals surface area contributed by atoms with Crippen LogP contribution in [0.15, 0.2) is 48.5 Å².